The Morgan fingerprint density at radius 3 is 2.17 bits per heavy atom. The molecule has 1 saturated heterocycles. The third-order valence-corrected chi connectivity index (χ3v) is 7.06. The molecule has 41 heavy (non-hydrogen) atoms. The van der Waals surface area contributed by atoms with Gasteiger partial charge in [-0.25, -0.2) is 4.98 Å². The molecule has 2 amide bonds. The topological polar surface area (TPSA) is 100 Å². The van der Waals surface area contributed by atoms with Crippen LogP contribution in [0.15, 0.2) is 65.5 Å². The summed E-state index contributed by atoms with van der Waals surface area (Å²) in [6, 6.07) is 14.1. The first kappa shape index (κ1) is 27.8. The normalized spacial score (nSPS) is 13.9. The molecule has 0 spiro atoms. The van der Waals surface area contributed by atoms with Gasteiger partial charge in [-0.3, -0.25) is 19.0 Å². The van der Waals surface area contributed by atoms with Crippen molar-refractivity contribution in [3.63, 3.8) is 0 Å². The number of hydrogen-bond donors (Lipinski definition) is 1. The van der Waals surface area contributed by atoms with Gasteiger partial charge in [0.05, 0.1) is 16.9 Å². The molecule has 1 aliphatic heterocycles. The van der Waals surface area contributed by atoms with Crippen LogP contribution in [0.5, 0.6) is 0 Å². The van der Waals surface area contributed by atoms with Crippen molar-refractivity contribution < 1.29 is 22.8 Å². The summed E-state index contributed by atoms with van der Waals surface area (Å²) in [4.78, 5) is 50.5. The number of rotatable bonds is 5. The van der Waals surface area contributed by atoms with Crippen LogP contribution in [-0.4, -0.2) is 57.4 Å². The highest BCUT2D eigenvalue weighted by molar-refractivity contribution is 5.94. The molecule has 2 aromatic carbocycles. The first-order valence-corrected chi connectivity index (χ1v) is 13.0. The largest absolute Gasteiger partial charge is 0.416 e. The fourth-order valence-corrected chi connectivity index (χ4v) is 4.72. The zero-order valence-electron chi connectivity index (χ0n) is 22.4. The van der Waals surface area contributed by atoms with Crippen LogP contribution in [0.2, 0.25) is 0 Å². The van der Waals surface area contributed by atoms with E-state index in [1.807, 2.05) is 11.8 Å². The van der Waals surface area contributed by atoms with Crippen LogP contribution >= 0.6 is 0 Å². The van der Waals surface area contributed by atoms with Crippen LogP contribution in [0.3, 0.4) is 0 Å². The lowest BCUT2D eigenvalue weighted by Crippen LogP contribution is -2.48. The molecule has 0 saturated carbocycles. The number of nitrogens with zero attached hydrogens (tertiary/aromatic N) is 5. The minimum Gasteiger partial charge on any atom is -0.348 e. The number of aryl methyl sites for hydroxylation is 1. The molecule has 1 N–H and O–H groups in total. The number of fused-ring (bicyclic) bond motifs is 1. The highest BCUT2D eigenvalue weighted by Crippen LogP contribution is 2.29. The van der Waals surface area contributed by atoms with Gasteiger partial charge in [0.2, 0.25) is 11.9 Å². The first-order valence-electron chi connectivity index (χ1n) is 13.0. The average Bonchev–Trinajstić information content (AvgIpc) is 2.95. The summed E-state index contributed by atoms with van der Waals surface area (Å²) in [6.07, 6.45) is -4.42. The number of aromatic nitrogens is 3. The van der Waals surface area contributed by atoms with Crippen molar-refractivity contribution in [3.05, 3.63) is 93.4 Å². The molecule has 2 aromatic heterocycles. The van der Waals surface area contributed by atoms with Crippen LogP contribution in [0.1, 0.15) is 34.1 Å². The van der Waals surface area contributed by atoms with E-state index in [1.54, 1.807) is 42.2 Å². The number of anilines is 1. The molecule has 3 heterocycles. The third-order valence-electron chi connectivity index (χ3n) is 7.06. The SMILES string of the molecule is CC(=O)N1CCN(c2nc(C)c3ccc(=O)n(-c4ccc(C(=O)NCc5ccc(C(F)(F)F)cc5)cc4)c3n2)CC1. The summed E-state index contributed by atoms with van der Waals surface area (Å²) >= 11 is 0. The Morgan fingerprint density at radius 1 is 0.902 bits per heavy atom. The zero-order valence-corrected chi connectivity index (χ0v) is 22.4. The van der Waals surface area contributed by atoms with Gasteiger partial charge in [0.15, 0.2) is 5.65 Å². The predicted octanol–water partition coefficient (Wildman–Crippen LogP) is 3.71. The lowest BCUT2D eigenvalue weighted by molar-refractivity contribution is -0.137. The summed E-state index contributed by atoms with van der Waals surface area (Å²) in [5, 5.41) is 3.40. The third kappa shape index (κ3) is 5.91. The van der Waals surface area contributed by atoms with E-state index in [9.17, 15) is 27.6 Å². The van der Waals surface area contributed by atoms with Gasteiger partial charge in [0, 0.05) is 56.7 Å². The second-order valence-corrected chi connectivity index (χ2v) is 9.77. The van der Waals surface area contributed by atoms with Crippen LogP contribution in [0, 0.1) is 6.92 Å². The number of alkyl halides is 3. The molecule has 0 unspecified atom stereocenters. The first-order chi connectivity index (χ1) is 19.5. The van der Waals surface area contributed by atoms with E-state index in [0.29, 0.717) is 65.7 Å². The fourth-order valence-electron chi connectivity index (χ4n) is 4.72. The maximum atomic E-state index is 13.0. The number of carbonyl (C=O) groups is 2. The Hall–Kier alpha value is -4.74. The molecule has 12 heteroatoms. The van der Waals surface area contributed by atoms with Gasteiger partial charge in [0.25, 0.3) is 11.5 Å². The van der Waals surface area contributed by atoms with Gasteiger partial charge < -0.3 is 15.1 Å². The van der Waals surface area contributed by atoms with Crippen molar-refractivity contribution in [2.45, 2.75) is 26.6 Å². The van der Waals surface area contributed by atoms with Crippen molar-refractivity contribution in [3.8, 4) is 5.69 Å². The second kappa shape index (κ2) is 11.0. The van der Waals surface area contributed by atoms with Crippen LogP contribution in [0.25, 0.3) is 16.7 Å². The highest BCUT2D eigenvalue weighted by atomic mass is 19.4. The Bertz CT molecular complexity index is 1660. The number of piperazine rings is 1. The van der Waals surface area contributed by atoms with Crippen molar-refractivity contribution in [2.75, 3.05) is 31.1 Å². The minimum absolute atomic E-state index is 0.0193. The van der Waals surface area contributed by atoms with Crippen LogP contribution in [0.4, 0.5) is 19.1 Å². The summed E-state index contributed by atoms with van der Waals surface area (Å²) in [7, 11) is 0. The van der Waals surface area contributed by atoms with Crippen molar-refractivity contribution in [2.24, 2.45) is 0 Å². The predicted molar refractivity (Wildman–Crippen MR) is 147 cm³/mol. The van der Waals surface area contributed by atoms with Crippen molar-refractivity contribution >= 4 is 28.8 Å². The van der Waals surface area contributed by atoms with Gasteiger partial charge in [-0.1, -0.05) is 12.1 Å². The Labute approximate surface area is 233 Å². The molecule has 1 aliphatic rings. The van der Waals surface area contributed by atoms with Gasteiger partial charge in [-0.2, -0.15) is 18.2 Å². The quantitative estimate of drug-likeness (QED) is 0.397. The van der Waals surface area contributed by atoms with Crippen molar-refractivity contribution in [1.82, 2.24) is 24.8 Å². The average molecular weight is 565 g/mol. The van der Waals surface area contributed by atoms with E-state index >= 15 is 0 Å². The molecular weight excluding hydrogens is 537 g/mol. The van der Waals surface area contributed by atoms with Gasteiger partial charge >= 0.3 is 6.18 Å². The summed E-state index contributed by atoms with van der Waals surface area (Å²) in [5.41, 5.74) is 1.42. The summed E-state index contributed by atoms with van der Waals surface area (Å²) < 4.78 is 39.8. The molecule has 0 aliphatic carbocycles. The smallest absolute Gasteiger partial charge is 0.348 e. The number of nitrogens with one attached hydrogen (secondary N) is 1. The van der Waals surface area contributed by atoms with Gasteiger partial charge in [0.1, 0.15) is 0 Å². The molecule has 0 radical (unpaired) electrons. The van der Waals surface area contributed by atoms with E-state index in [1.165, 1.54) is 22.8 Å². The minimum atomic E-state index is -4.42. The van der Waals surface area contributed by atoms with E-state index in [-0.39, 0.29) is 18.0 Å². The molecule has 0 atom stereocenters. The zero-order chi connectivity index (χ0) is 29.3. The van der Waals surface area contributed by atoms with Gasteiger partial charge in [-0.15, -0.1) is 0 Å². The molecule has 0 bridgehead atoms. The van der Waals surface area contributed by atoms with Crippen LogP contribution in [-0.2, 0) is 17.5 Å². The number of carbonyl (C=O) groups excluding carboxylic acids is 2. The Balaban J connectivity index is 1.36. The lowest BCUT2D eigenvalue weighted by atomic mass is 10.1. The molecule has 4 aromatic rings. The highest BCUT2D eigenvalue weighted by Gasteiger charge is 2.30. The maximum Gasteiger partial charge on any atom is 0.416 e. The van der Waals surface area contributed by atoms with Crippen LogP contribution < -0.4 is 15.8 Å². The molecule has 1 fully saturated rings. The summed E-state index contributed by atoms with van der Waals surface area (Å²) in [5.74, 6) is 0.0782. The molecular formula is C29H27F3N6O3. The van der Waals surface area contributed by atoms with Gasteiger partial charge in [-0.05, 0) is 55.0 Å². The number of amides is 2. The summed E-state index contributed by atoms with van der Waals surface area (Å²) in [6.45, 7) is 5.69. The fraction of sp³-hybridized carbons (Fsp3) is 0.276. The van der Waals surface area contributed by atoms with Crippen molar-refractivity contribution in [1.29, 1.82) is 0 Å². The van der Waals surface area contributed by atoms with E-state index in [0.717, 1.165) is 12.1 Å². The van der Waals surface area contributed by atoms with E-state index in [4.69, 9.17) is 4.98 Å². The molecule has 212 valence electrons. The maximum absolute atomic E-state index is 13.0. The monoisotopic (exact) mass is 564 g/mol. The number of pyridine rings is 1. The standard InChI is InChI=1S/C29H27F3N6O3/c1-18-24-11-12-25(40)38(26(24)35-28(34-18)37-15-13-36(14-16-37)19(2)39)23-9-5-21(6-10-23)27(41)33-17-20-3-7-22(8-4-20)29(30,31)32/h3-12H,13-17H2,1-2H3,(H,33,41). The Morgan fingerprint density at radius 2 is 1.56 bits per heavy atom. The number of halogens is 3. The Kier molecular flexibility index (Phi) is 7.48. The number of hydrogen-bond acceptors (Lipinski definition) is 6. The van der Waals surface area contributed by atoms with E-state index in [2.05, 4.69) is 10.3 Å². The lowest BCUT2D eigenvalue weighted by Gasteiger charge is -2.34. The van der Waals surface area contributed by atoms with E-state index < -0.39 is 17.6 Å². The second-order valence-electron chi connectivity index (χ2n) is 9.77. The number of benzene rings is 2. The molecule has 5 rings (SSSR count). The molecule has 9 nitrogen and oxygen atoms in total.